The minimum absolute atomic E-state index is 0.444. The molecule has 0 spiro atoms. The monoisotopic (exact) mass is 800 g/mol. The molecule has 2 nitrogen and oxygen atoms in total. The van der Waals surface area contributed by atoms with Crippen molar-refractivity contribution in [3.8, 4) is 67.3 Å². The van der Waals surface area contributed by atoms with Gasteiger partial charge in [0.05, 0.1) is 16.8 Å². The van der Waals surface area contributed by atoms with Gasteiger partial charge in [-0.1, -0.05) is 206 Å². The Morgan fingerprint density at radius 2 is 0.794 bits per heavy atom. The fourth-order valence-electron chi connectivity index (χ4n) is 9.98. The maximum atomic E-state index is 5.27. The van der Waals surface area contributed by atoms with E-state index in [2.05, 4.69) is 224 Å². The Morgan fingerprint density at radius 1 is 0.270 bits per heavy atom. The van der Waals surface area contributed by atoms with Crippen LogP contribution in [0, 0.1) is 0 Å². The van der Waals surface area contributed by atoms with Crippen LogP contribution in [0.1, 0.15) is 22.3 Å². The SMILES string of the molecule is c1ccc(-c2cc(-c3cc(-c4ccc5cc(-c6ccc7c(c6)C(c6ccccc6)(c6ccccc6)c6ccccc6-7)ccc5c4)nc(-c4ccccc4)n3)c3ccccc3c2)cc1. The molecule has 1 aliphatic carbocycles. The maximum absolute atomic E-state index is 5.27. The van der Waals surface area contributed by atoms with Gasteiger partial charge in [0.25, 0.3) is 0 Å². The van der Waals surface area contributed by atoms with Gasteiger partial charge in [0.2, 0.25) is 0 Å². The normalized spacial score (nSPS) is 12.6. The second-order valence-corrected chi connectivity index (χ2v) is 16.5. The van der Waals surface area contributed by atoms with E-state index < -0.39 is 5.41 Å². The highest BCUT2D eigenvalue weighted by Crippen LogP contribution is 2.56. The number of benzene rings is 10. The van der Waals surface area contributed by atoms with Gasteiger partial charge in [0, 0.05) is 16.7 Å². The fraction of sp³-hybridized carbons (Fsp3) is 0.0164. The molecule has 294 valence electrons. The molecule has 63 heavy (non-hydrogen) atoms. The van der Waals surface area contributed by atoms with E-state index in [1.54, 1.807) is 0 Å². The van der Waals surface area contributed by atoms with Crippen LogP contribution in [0.3, 0.4) is 0 Å². The van der Waals surface area contributed by atoms with Crippen molar-refractivity contribution in [3.63, 3.8) is 0 Å². The molecule has 0 N–H and O–H groups in total. The van der Waals surface area contributed by atoms with Gasteiger partial charge in [-0.3, -0.25) is 0 Å². The number of aromatic nitrogens is 2. The average molecular weight is 801 g/mol. The highest BCUT2D eigenvalue weighted by atomic mass is 14.9. The third-order valence-corrected chi connectivity index (χ3v) is 12.9. The van der Waals surface area contributed by atoms with Crippen molar-refractivity contribution in [3.05, 3.63) is 265 Å². The summed E-state index contributed by atoms with van der Waals surface area (Å²) in [5.41, 5.74) is 16.9. The Morgan fingerprint density at radius 3 is 1.52 bits per heavy atom. The van der Waals surface area contributed by atoms with E-state index in [4.69, 9.17) is 9.97 Å². The number of fused-ring (bicyclic) bond motifs is 5. The smallest absolute Gasteiger partial charge is 0.160 e. The number of hydrogen-bond donors (Lipinski definition) is 0. The van der Waals surface area contributed by atoms with Crippen molar-refractivity contribution >= 4 is 21.5 Å². The van der Waals surface area contributed by atoms with Crippen LogP contribution in [0.15, 0.2) is 243 Å². The van der Waals surface area contributed by atoms with Crippen LogP contribution in [0.5, 0.6) is 0 Å². The van der Waals surface area contributed by atoms with Gasteiger partial charge >= 0.3 is 0 Å². The molecule has 10 aromatic carbocycles. The number of hydrogen-bond acceptors (Lipinski definition) is 2. The van der Waals surface area contributed by atoms with Crippen molar-refractivity contribution in [2.24, 2.45) is 0 Å². The van der Waals surface area contributed by atoms with Crippen molar-refractivity contribution in [1.29, 1.82) is 0 Å². The Bertz CT molecular complexity index is 3450. The molecule has 1 aliphatic rings. The summed E-state index contributed by atoms with van der Waals surface area (Å²) in [6.07, 6.45) is 0. The van der Waals surface area contributed by atoms with Crippen LogP contribution >= 0.6 is 0 Å². The predicted octanol–water partition coefficient (Wildman–Crippen LogP) is 15.5. The summed E-state index contributed by atoms with van der Waals surface area (Å²) in [4.78, 5) is 10.5. The van der Waals surface area contributed by atoms with Crippen LogP contribution in [0.25, 0.3) is 88.8 Å². The zero-order chi connectivity index (χ0) is 41.7. The summed E-state index contributed by atoms with van der Waals surface area (Å²) in [6, 6.07) is 87.8. The zero-order valence-corrected chi connectivity index (χ0v) is 34.5. The standard InChI is InChI=1S/C61H40N2/c1-5-17-41(18-6-1)49-37-47-21-13-14-26-52(47)55(38-49)59-40-58(62-60(63-59)42-19-7-2-8-20-42)48-32-31-43-35-44(29-30-45(43)36-48)46-33-34-54-53-27-15-16-28-56(53)61(57(54)39-46,50-22-9-3-10-23-50)51-24-11-4-12-25-51/h1-40H. The minimum Gasteiger partial charge on any atom is -0.228 e. The number of rotatable bonds is 7. The summed E-state index contributed by atoms with van der Waals surface area (Å²) in [5.74, 6) is 0.702. The molecular formula is C61H40N2. The van der Waals surface area contributed by atoms with Crippen LogP contribution in [0.4, 0.5) is 0 Å². The van der Waals surface area contributed by atoms with Crippen LogP contribution < -0.4 is 0 Å². The second-order valence-electron chi connectivity index (χ2n) is 16.5. The first-order chi connectivity index (χ1) is 31.2. The summed E-state index contributed by atoms with van der Waals surface area (Å²) in [5, 5.41) is 4.67. The lowest BCUT2D eigenvalue weighted by Gasteiger charge is -2.34. The van der Waals surface area contributed by atoms with Gasteiger partial charge in [-0.15, -0.1) is 0 Å². The molecule has 2 heteroatoms. The van der Waals surface area contributed by atoms with Gasteiger partial charge in [-0.25, -0.2) is 9.97 Å². The molecule has 0 saturated heterocycles. The first-order valence-corrected chi connectivity index (χ1v) is 21.6. The van der Waals surface area contributed by atoms with Crippen LogP contribution in [-0.4, -0.2) is 9.97 Å². The summed E-state index contributed by atoms with van der Waals surface area (Å²) >= 11 is 0. The Balaban J connectivity index is 0.978. The van der Waals surface area contributed by atoms with E-state index in [0.29, 0.717) is 5.82 Å². The quantitative estimate of drug-likeness (QED) is 0.160. The topological polar surface area (TPSA) is 25.8 Å². The Hall–Kier alpha value is -8.20. The van der Waals surface area contributed by atoms with Crippen molar-refractivity contribution in [2.75, 3.05) is 0 Å². The fourth-order valence-corrected chi connectivity index (χ4v) is 9.98. The summed E-state index contributed by atoms with van der Waals surface area (Å²) in [7, 11) is 0. The van der Waals surface area contributed by atoms with Crippen molar-refractivity contribution in [1.82, 2.24) is 9.97 Å². The van der Waals surface area contributed by atoms with E-state index in [-0.39, 0.29) is 0 Å². The molecule has 0 bridgehead atoms. The van der Waals surface area contributed by atoms with E-state index >= 15 is 0 Å². The van der Waals surface area contributed by atoms with E-state index in [0.717, 1.165) is 44.4 Å². The highest BCUT2D eigenvalue weighted by Gasteiger charge is 2.46. The largest absolute Gasteiger partial charge is 0.228 e. The number of nitrogens with zero attached hydrogens (tertiary/aromatic N) is 2. The van der Waals surface area contributed by atoms with E-state index in [1.807, 2.05) is 18.2 Å². The molecule has 12 rings (SSSR count). The molecular weight excluding hydrogens is 761 g/mol. The lowest BCUT2D eigenvalue weighted by atomic mass is 9.67. The summed E-state index contributed by atoms with van der Waals surface area (Å²) < 4.78 is 0. The molecule has 0 atom stereocenters. The van der Waals surface area contributed by atoms with Gasteiger partial charge in [-0.05, 0) is 114 Å². The molecule has 0 aliphatic heterocycles. The molecule has 1 heterocycles. The first kappa shape index (κ1) is 36.6. The molecule has 0 saturated carbocycles. The van der Waals surface area contributed by atoms with Crippen molar-refractivity contribution < 1.29 is 0 Å². The van der Waals surface area contributed by atoms with Gasteiger partial charge in [0.1, 0.15) is 0 Å². The van der Waals surface area contributed by atoms with Crippen LogP contribution in [-0.2, 0) is 5.41 Å². The minimum atomic E-state index is -0.444. The highest BCUT2D eigenvalue weighted by molar-refractivity contribution is 6.00. The maximum Gasteiger partial charge on any atom is 0.160 e. The first-order valence-electron chi connectivity index (χ1n) is 21.6. The zero-order valence-electron chi connectivity index (χ0n) is 34.5. The molecule has 11 aromatic rings. The molecule has 0 radical (unpaired) electrons. The molecule has 0 unspecified atom stereocenters. The van der Waals surface area contributed by atoms with E-state index in [9.17, 15) is 0 Å². The lowest BCUT2D eigenvalue weighted by molar-refractivity contribution is 0.769. The third-order valence-electron chi connectivity index (χ3n) is 12.9. The van der Waals surface area contributed by atoms with Crippen molar-refractivity contribution in [2.45, 2.75) is 5.41 Å². The summed E-state index contributed by atoms with van der Waals surface area (Å²) in [6.45, 7) is 0. The average Bonchev–Trinajstić information content (AvgIpc) is 3.67. The van der Waals surface area contributed by atoms with Gasteiger partial charge in [0.15, 0.2) is 5.82 Å². The van der Waals surface area contributed by atoms with Gasteiger partial charge < -0.3 is 0 Å². The van der Waals surface area contributed by atoms with Gasteiger partial charge in [-0.2, -0.15) is 0 Å². The lowest BCUT2D eigenvalue weighted by Crippen LogP contribution is -2.28. The van der Waals surface area contributed by atoms with E-state index in [1.165, 1.54) is 60.8 Å². The predicted molar refractivity (Wildman–Crippen MR) is 262 cm³/mol. The molecule has 1 aromatic heterocycles. The van der Waals surface area contributed by atoms with Crippen LogP contribution in [0.2, 0.25) is 0 Å². The molecule has 0 fully saturated rings. The Kier molecular flexibility index (Phi) is 8.76. The third kappa shape index (κ3) is 6.18. The Labute approximate surface area is 367 Å². The second kappa shape index (κ2) is 15.1. The molecule has 0 amide bonds.